The Labute approximate surface area is 121 Å². The van der Waals surface area contributed by atoms with Gasteiger partial charge in [-0.05, 0) is 18.2 Å². The van der Waals surface area contributed by atoms with Crippen molar-refractivity contribution in [2.24, 2.45) is 0 Å². The van der Waals surface area contributed by atoms with Crippen molar-refractivity contribution in [3.05, 3.63) is 28.2 Å². The summed E-state index contributed by atoms with van der Waals surface area (Å²) in [4.78, 5) is 13.1. The normalized spacial score (nSPS) is 23.1. The quantitative estimate of drug-likeness (QED) is 0.761. The van der Waals surface area contributed by atoms with Crippen molar-refractivity contribution in [1.29, 1.82) is 0 Å². The first kappa shape index (κ1) is 15.1. The van der Waals surface area contributed by atoms with Crippen molar-refractivity contribution in [2.45, 2.75) is 18.2 Å². The zero-order valence-corrected chi connectivity index (χ0v) is 11.8. The number of carbonyl (C=O) groups excluding carboxylic acids is 1. The Kier molecular flexibility index (Phi) is 3.72. The number of rotatable bonds is 1. The number of amides is 1. The van der Waals surface area contributed by atoms with Gasteiger partial charge in [0.2, 0.25) is 0 Å². The van der Waals surface area contributed by atoms with Gasteiger partial charge in [0.15, 0.2) is 5.60 Å². The Morgan fingerprint density at radius 3 is 2.60 bits per heavy atom. The molecule has 1 aromatic rings. The molecular weight excluding hydrogens is 341 g/mol. The third kappa shape index (κ3) is 2.62. The molecule has 8 heteroatoms. The molecule has 1 unspecified atom stereocenters. The third-order valence-corrected chi connectivity index (χ3v) is 3.80. The molecule has 4 nitrogen and oxygen atoms in total. The van der Waals surface area contributed by atoms with Crippen LogP contribution in [-0.4, -0.2) is 40.8 Å². The molecule has 1 aliphatic rings. The molecule has 0 radical (unpaired) electrons. The number of β-amino-alcohol motifs (C(OH)–C–C–N with tert-alkyl or cyclic N) is 1. The van der Waals surface area contributed by atoms with E-state index in [1.165, 1.54) is 12.1 Å². The van der Waals surface area contributed by atoms with Crippen LogP contribution < -0.4 is 5.73 Å². The summed E-state index contributed by atoms with van der Waals surface area (Å²) in [5.41, 5.74) is 3.14. The van der Waals surface area contributed by atoms with Gasteiger partial charge in [0.05, 0.1) is 12.1 Å². The van der Waals surface area contributed by atoms with Crippen LogP contribution in [0.1, 0.15) is 16.8 Å². The first-order valence-electron chi connectivity index (χ1n) is 5.77. The van der Waals surface area contributed by atoms with Crippen LogP contribution in [-0.2, 0) is 0 Å². The van der Waals surface area contributed by atoms with Crippen LogP contribution >= 0.6 is 15.9 Å². The maximum atomic E-state index is 12.7. The summed E-state index contributed by atoms with van der Waals surface area (Å²) >= 11 is 3.18. The summed E-state index contributed by atoms with van der Waals surface area (Å²) in [6.07, 6.45) is -5.29. The van der Waals surface area contributed by atoms with Gasteiger partial charge in [-0.2, -0.15) is 13.2 Å². The first-order chi connectivity index (χ1) is 9.14. The molecule has 1 saturated heterocycles. The second-order valence-electron chi connectivity index (χ2n) is 4.74. The van der Waals surface area contributed by atoms with E-state index in [0.717, 1.165) is 4.90 Å². The van der Waals surface area contributed by atoms with Crippen molar-refractivity contribution >= 4 is 27.5 Å². The van der Waals surface area contributed by atoms with E-state index in [-0.39, 0.29) is 17.8 Å². The van der Waals surface area contributed by atoms with Crippen LogP contribution in [0.2, 0.25) is 0 Å². The predicted molar refractivity (Wildman–Crippen MR) is 70.1 cm³/mol. The van der Waals surface area contributed by atoms with Crippen LogP contribution in [0.15, 0.2) is 22.7 Å². The molecule has 0 saturated carbocycles. The van der Waals surface area contributed by atoms with Gasteiger partial charge in [-0.1, -0.05) is 15.9 Å². The van der Waals surface area contributed by atoms with Gasteiger partial charge in [-0.25, -0.2) is 0 Å². The molecule has 0 aromatic heterocycles. The van der Waals surface area contributed by atoms with Crippen molar-refractivity contribution < 1.29 is 23.1 Å². The molecule has 1 fully saturated rings. The fourth-order valence-corrected chi connectivity index (χ4v) is 2.48. The van der Waals surface area contributed by atoms with Crippen LogP contribution in [0, 0.1) is 0 Å². The fourth-order valence-electron chi connectivity index (χ4n) is 2.10. The van der Waals surface area contributed by atoms with Gasteiger partial charge < -0.3 is 15.7 Å². The Bertz CT molecular complexity index is 550. The smallest absolute Gasteiger partial charge is 0.398 e. The summed E-state index contributed by atoms with van der Waals surface area (Å²) in [6, 6.07) is 4.52. The van der Waals surface area contributed by atoms with Gasteiger partial charge >= 0.3 is 6.18 Å². The van der Waals surface area contributed by atoms with E-state index in [4.69, 9.17) is 5.73 Å². The maximum absolute atomic E-state index is 12.7. The van der Waals surface area contributed by atoms with Gasteiger partial charge in [-0.3, -0.25) is 4.79 Å². The lowest BCUT2D eigenvalue weighted by Gasteiger charge is -2.26. The standard InChI is InChI=1S/C12H12BrF3N2O2/c13-7-1-2-8(9(17)5-7)10(19)18-4-3-11(20,6-18)12(14,15)16/h1-2,5,20H,3-4,6,17H2. The minimum atomic E-state index is -4.76. The van der Waals surface area contributed by atoms with E-state index in [9.17, 15) is 23.1 Å². The van der Waals surface area contributed by atoms with Gasteiger partial charge in [0.1, 0.15) is 0 Å². The van der Waals surface area contributed by atoms with E-state index >= 15 is 0 Å². The molecule has 3 N–H and O–H groups in total. The van der Waals surface area contributed by atoms with Crippen LogP contribution in [0.25, 0.3) is 0 Å². The minimum absolute atomic E-state index is 0.125. The highest BCUT2D eigenvalue weighted by atomic mass is 79.9. The topological polar surface area (TPSA) is 66.6 Å². The molecule has 110 valence electrons. The Morgan fingerprint density at radius 2 is 2.10 bits per heavy atom. The summed E-state index contributed by atoms with van der Waals surface area (Å²) in [5.74, 6) is -0.616. The van der Waals surface area contributed by atoms with E-state index in [2.05, 4.69) is 15.9 Å². The molecule has 1 amide bonds. The summed E-state index contributed by atoms with van der Waals surface area (Å²) in [6.45, 7) is -0.935. The van der Waals surface area contributed by atoms with Crippen LogP contribution in [0.3, 0.4) is 0 Å². The second kappa shape index (κ2) is 4.92. The average Bonchev–Trinajstić information content (AvgIpc) is 2.72. The van der Waals surface area contributed by atoms with E-state index < -0.39 is 30.7 Å². The lowest BCUT2D eigenvalue weighted by atomic mass is 10.0. The summed E-state index contributed by atoms with van der Waals surface area (Å²) < 4.78 is 38.8. The number of aliphatic hydroxyl groups is 1. The van der Waals surface area contributed by atoms with E-state index in [1.807, 2.05) is 0 Å². The maximum Gasteiger partial charge on any atom is 0.419 e. The Morgan fingerprint density at radius 1 is 1.45 bits per heavy atom. The Hall–Kier alpha value is -1.28. The van der Waals surface area contributed by atoms with Crippen molar-refractivity contribution in [3.63, 3.8) is 0 Å². The molecule has 1 heterocycles. The predicted octanol–water partition coefficient (Wildman–Crippen LogP) is 2.17. The number of hydrogen-bond acceptors (Lipinski definition) is 3. The minimum Gasteiger partial charge on any atom is -0.398 e. The highest BCUT2D eigenvalue weighted by Crippen LogP contribution is 2.38. The van der Waals surface area contributed by atoms with Crippen LogP contribution in [0.5, 0.6) is 0 Å². The number of halogens is 4. The highest BCUT2D eigenvalue weighted by molar-refractivity contribution is 9.10. The molecular formula is C12H12BrF3N2O2. The number of carbonyl (C=O) groups is 1. The SMILES string of the molecule is Nc1cc(Br)ccc1C(=O)N1CCC(O)(C(F)(F)F)C1. The summed E-state index contributed by atoms with van der Waals surface area (Å²) in [5, 5.41) is 9.55. The van der Waals surface area contributed by atoms with Gasteiger partial charge in [0, 0.05) is 23.1 Å². The van der Waals surface area contributed by atoms with Crippen molar-refractivity contribution in [1.82, 2.24) is 4.90 Å². The molecule has 1 aliphatic heterocycles. The molecule has 0 bridgehead atoms. The van der Waals surface area contributed by atoms with Gasteiger partial charge in [-0.15, -0.1) is 0 Å². The third-order valence-electron chi connectivity index (χ3n) is 3.31. The second-order valence-corrected chi connectivity index (χ2v) is 5.65. The van der Waals surface area contributed by atoms with Gasteiger partial charge in [0.25, 0.3) is 5.91 Å². The average molecular weight is 353 g/mol. The number of nitrogens with two attached hydrogens (primary N) is 1. The number of anilines is 1. The number of likely N-dealkylation sites (tertiary alicyclic amines) is 1. The number of nitrogens with zero attached hydrogens (tertiary/aromatic N) is 1. The van der Waals surface area contributed by atoms with Crippen molar-refractivity contribution in [2.75, 3.05) is 18.8 Å². The Balaban J connectivity index is 2.20. The highest BCUT2D eigenvalue weighted by Gasteiger charge is 2.57. The number of nitrogen functional groups attached to an aromatic ring is 1. The largest absolute Gasteiger partial charge is 0.419 e. The molecule has 20 heavy (non-hydrogen) atoms. The number of benzene rings is 1. The van der Waals surface area contributed by atoms with Crippen LogP contribution in [0.4, 0.5) is 18.9 Å². The molecule has 0 spiro atoms. The lowest BCUT2D eigenvalue weighted by Crippen LogP contribution is -2.48. The number of alkyl halides is 3. The zero-order chi connectivity index (χ0) is 15.1. The lowest BCUT2D eigenvalue weighted by molar-refractivity contribution is -0.253. The monoisotopic (exact) mass is 352 g/mol. The molecule has 2 rings (SSSR count). The fraction of sp³-hybridized carbons (Fsp3) is 0.417. The molecule has 1 aromatic carbocycles. The summed E-state index contributed by atoms with van der Waals surface area (Å²) in [7, 11) is 0. The van der Waals surface area contributed by atoms with Crippen molar-refractivity contribution in [3.8, 4) is 0 Å². The molecule has 1 atom stereocenters. The molecule has 0 aliphatic carbocycles. The zero-order valence-electron chi connectivity index (χ0n) is 10.2. The first-order valence-corrected chi connectivity index (χ1v) is 6.57. The van der Waals surface area contributed by atoms with E-state index in [1.54, 1.807) is 6.07 Å². The van der Waals surface area contributed by atoms with E-state index in [0.29, 0.717) is 4.47 Å². The number of hydrogen-bond donors (Lipinski definition) is 2.